The molecule has 0 saturated heterocycles. The van der Waals surface area contributed by atoms with Crippen molar-refractivity contribution in [3.8, 4) is 0 Å². The van der Waals surface area contributed by atoms with Gasteiger partial charge in [0, 0.05) is 11.3 Å². The number of anilines is 2. The molecule has 3 N–H and O–H groups in total. The minimum atomic E-state index is 0.120. The summed E-state index contributed by atoms with van der Waals surface area (Å²) in [7, 11) is 0. The molecular weight excluding hydrogens is 212 g/mol. The van der Waals surface area contributed by atoms with Crippen molar-refractivity contribution in [3.05, 3.63) is 0 Å². The molecule has 0 aliphatic heterocycles. The van der Waals surface area contributed by atoms with E-state index in [0.717, 1.165) is 5.25 Å². The zero-order valence-electron chi connectivity index (χ0n) is 8.77. The van der Waals surface area contributed by atoms with Gasteiger partial charge in [-0.1, -0.05) is 17.1 Å². The van der Waals surface area contributed by atoms with Crippen LogP contribution in [0, 0.1) is 0 Å². The Labute approximate surface area is 93.2 Å². The number of aromatic nitrogens is 2. The summed E-state index contributed by atoms with van der Waals surface area (Å²) in [4.78, 5) is 0. The molecule has 6 heteroatoms. The molecule has 0 aromatic carbocycles. The van der Waals surface area contributed by atoms with E-state index in [-0.39, 0.29) is 6.01 Å². The third kappa shape index (κ3) is 2.77. The molecule has 1 fully saturated rings. The van der Waals surface area contributed by atoms with E-state index in [1.807, 2.05) is 11.8 Å². The SMILES string of the molecule is CCSC1CCC(Nc2nnc(N)o2)C1. The van der Waals surface area contributed by atoms with Gasteiger partial charge in [0.2, 0.25) is 0 Å². The molecule has 5 nitrogen and oxygen atoms in total. The predicted molar refractivity (Wildman–Crippen MR) is 61.9 cm³/mol. The first-order valence-corrected chi connectivity index (χ1v) is 6.30. The monoisotopic (exact) mass is 228 g/mol. The Morgan fingerprint density at radius 3 is 3.07 bits per heavy atom. The largest absolute Gasteiger partial charge is 0.390 e. The fourth-order valence-corrected chi connectivity index (χ4v) is 3.07. The van der Waals surface area contributed by atoms with E-state index in [9.17, 15) is 0 Å². The van der Waals surface area contributed by atoms with E-state index in [4.69, 9.17) is 10.2 Å². The van der Waals surface area contributed by atoms with Crippen LogP contribution < -0.4 is 11.1 Å². The summed E-state index contributed by atoms with van der Waals surface area (Å²) in [6, 6.07) is 1.02. The van der Waals surface area contributed by atoms with Gasteiger partial charge in [-0.15, -0.1) is 0 Å². The molecule has 1 aliphatic carbocycles. The van der Waals surface area contributed by atoms with Gasteiger partial charge >= 0.3 is 12.0 Å². The zero-order valence-corrected chi connectivity index (χ0v) is 9.59. The van der Waals surface area contributed by atoms with Crippen LogP contribution in [0.15, 0.2) is 4.42 Å². The standard InChI is InChI=1S/C9H16N4OS/c1-2-15-7-4-3-6(5-7)11-9-13-12-8(10)14-9/h6-7H,2-5H2,1H3,(H2,10,12)(H,11,13). The third-order valence-corrected chi connectivity index (χ3v) is 3.79. The predicted octanol–water partition coefficient (Wildman–Crippen LogP) is 1.74. The minimum absolute atomic E-state index is 0.120. The molecular formula is C9H16N4OS. The lowest BCUT2D eigenvalue weighted by Crippen LogP contribution is -2.16. The van der Waals surface area contributed by atoms with Crippen LogP contribution in [-0.2, 0) is 0 Å². The molecule has 1 saturated carbocycles. The summed E-state index contributed by atoms with van der Waals surface area (Å²) in [5.74, 6) is 1.19. The van der Waals surface area contributed by atoms with Crippen molar-refractivity contribution in [1.29, 1.82) is 0 Å². The van der Waals surface area contributed by atoms with Crippen molar-refractivity contribution in [1.82, 2.24) is 10.2 Å². The van der Waals surface area contributed by atoms with Gasteiger partial charge in [-0.25, -0.2) is 0 Å². The highest BCUT2D eigenvalue weighted by Gasteiger charge is 2.25. The van der Waals surface area contributed by atoms with E-state index in [2.05, 4.69) is 22.4 Å². The number of hydrogen-bond acceptors (Lipinski definition) is 6. The van der Waals surface area contributed by atoms with Crippen molar-refractivity contribution < 1.29 is 4.42 Å². The first-order chi connectivity index (χ1) is 7.28. The molecule has 1 aromatic heterocycles. The maximum Gasteiger partial charge on any atom is 0.317 e. The highest BCUT2D eigenvalue weighted by molar-refractivity contribution is 7.99. The molecule has 1 heterocycles. The average Bonchev–Trinajstić information content (AvgIpc) is 2.78. The Morgan fingerprint density at radius 2 is 2.40 bits per heavy atom. The topological polar surface area (TPSA) is 77.0 Å². The highest BCUT2D eigenvalue weighted by Crippen LogP contribution is 2.31. The average molecular weight is 228 g/mol. The fourth-order valence-electron chi connectivity index (χ4n) is 1.93. The fraction of sp³-hybridized carbons (Fsp3) is 0.778. The molecule has 2 rings (SSSR count). The normalized spacial score (nSPS) is 25.7. The van der Waals surface area contributed by atoms with Crippen molar-refractivity contribution in [2.45, 2.75) is 37.5 Å². The summed E-state index contributed by atoms with van der Waals surface area (Å²) >= 11 is 2.03. The quantitative estimate of drug-likeness (QED) is 0.817. The summed E-state index contributed by atoms with van der Waals surface area (Å²) < 4.78 is 5.08. The number of nitrogens with two attached hydrogens (primary N) is 1. The maximum absolute atomic E-state index is 5.34. The lowest BCUT2D eigenvalue weighted by atomic mass is 10.3. The lowest BCUT2D eigenvalue weighted by molar-refractivity contribution is 0.571. The summed E-state index contributed by atoms with van der Waals surface area (Å²) in [6.45, 7) is 2.20. The van der Waals surface area contributed by atoms with Crippen molar-refractivity contribution >= 4 is 23.8 Å². The van der Waals surface area contributed by atoms with Crippen LogP contribution in [0.1, 0.15) is 26.2 Å². The molecule has 0 amide bonds. The van der Waals surface area contributed by atoms with Gasteiger partial charge in [0.1, 0.15) is 0 Å². The molecule has 1 aliphatic rings. The van der Waals surface area contributed by atoms with Crippen molar-refractivity contribution in [3.63, 3.8) is 0 Å². The third-order valence-electron chi connectivity index (χ3n) is 2.56. The van der Waals surface area contributed by atoms with Crippen LogP contribution in [0.4, 0.5) is 12.0 Å². The van der Waals surface area contributed by atoms with Gasteiger partial charge < -0.3 is 15.5 Å². The highest BCUT2D eigenvalue weighted by atomic mass is 32.2. The number of nitrogens with zero attached hydrogens (tertiary/aromatic N) is 2. The molecule has 15 heavy (non-hydrogen) atoms. The van der Waals surface area contributed by atoms with E-state index >= 15 is 0 Å². The van der Waals surface area contributed by atoms with Gasteiger partial charge in [0.25, 0.3) is 0 Å². The number of nitrogen functional groups attached to an aromatic ring is 1. The number of hydrogen-bond donors (Lipinski definition) is 2. The number of nitrogens with one attached hydrogen (secondary N) is 1. The smallest absolute Gasteiger partial charge is 0.317 e. The van der Waals surface area contributed by atoms with Crippen LogP contribution in [0.2, 0.25) is 0 Å². The summed E-state index contributed by atoms with van der Waals surface area (Å²) in [5.41, 5.74) is 5.34. The van der Waals surface area contributed by atoms with Gasteiger partial charge in [-0.3, -0.25) is 0 Å². The molecule has 2 unspecified atom stereocenters. The van der Waals surface area contributed by atoms with Gasteiger partial charge in [0.15, 0.2) is 0 Å². The molecule has 2 atom stereocenters. The first kappa shape index (κ1) is 10.6. The first-order valence-electron chi connectivity index (χ1n) is 5.25. The molecule has 0 radical (unpaired) electrons. The van der Waals surface area contributed by atoms with Crippen LogP contribution >= 0.6 is 11.8 Å². The van der Waals surface area contributed by atoms with Gasteiger partial charge in [0.05, 0.1) is 0 Å². The van der Waals surface area contributed by atoms with E-state index in [0.29, 0.717) is 12.1 Å². The Morgan fingerprint density at radius 1 is 1.53 bits per heavy atom. The maximum atomic E-state index is 5.34. The Balaban J connectivity index is 1.82. The van der Waals surface area contributed by atoms with Crippen LogP contribution in [-0.4, -0.2) is 27.2 Å². The Kier molecular flexibility index (Phi) is 3.35. The number of rotatable bonds is 4. The van der Waals surface area contributed by atoms with E-state index in [1.165, 1.54) is 25.0 Å². The zero-order chi connectivity index (χ0) is 10.7. The minimum Gasteiger partial charge on any atom is -0.390 e. The summed E-state index contributed by atoms with van der Waals surface area (Å²) in [6.07, 6.45) is 3.60. The van der Waals surface area contributed by atoms with Crippen LogP contribution in [0.25, 0.3) is 0 Å². The van der Waals surface area contributed by atoms with E-state index < -0.39 is 0 Å². The second-order valence-electron chi connectivity index (χ2n) is 3.68. The second kappa shape index (κ2) is 4.74. The number of thioether (sulfide) groups is 1. The van der Waals surface area contributed by atoms with Crippen molar-refractivity contribution in [2.24, 2.45) is 0 Å². The van der Waals surface area contributed by atoms with Crippen molar-refractivity contribution in [2.75, 3.05) is 16.8 Å². The van der Waals surface area contributed by atoms with Crippen LogP contribution in [0.5, 0.6) is 0 Å². The molecule has 84 valence electrons. The Hall–Kier alpha value is -0.910. The van der Waals surface area contributed by atoms with Gasteiger partial charge in [-0.05, 0) is 25.0 Å². The van der Waals surface area contributed by atoms with Gasteiger partial charge in [-0.2, -0.15) is 11.8 Å². The second-order valence-corrected chi connectivity index (χ2v) is 5.25. The lowest BCUT2D eigenvalue weighted by Gasteiger charge is -2.10. The molecule has 0 bridgehead atoms. The van der Waals surface area contributed by atoms with Crippen LogP contribution in [0.3, 0.4) is 0 Å². The molecule has 1 aromatic rings. The van der Waals surface area contributed by atoms with E-state index in [1.54, 1.807) is 0 Å². The molecule has 0 spiro atoms. The Bertz CT molecular complexity index is 317. The summed E-state index contributed by atoms with van der Waals surface area (Å²) in [5, 5.41) is 11.4.